The molecule has 3 aliphatic rings. The maximum Gasteiger partial charge on any atom is 0.146 e. The lowest BCUT2D eigenvalue weighted by Gasteiger charge is -2.43. The molecular formula is C35H43NO5S2. The van der Waals surface area contributed by atoms with Gasteiger partial charge in [-0.1, -0.05) is 91.0 Å². The molecule has 3 aliphatic heterocycles. The molecule has 3 heterocycles. The van der Waals surface area contributed by atoms with Gasteiger partial charge in [0.25, 0.3) is 0 Å². The molecule has 0 amide bonds. The third-order valence-corrected chi connectivity index (χ3v) is 12.3. The maximum absolute atomic E-state index is 6.99. The first-order chi connectivity index (χ1) is 21.2. The van der Waals surface area contributed by atoms with Gasteiger partial charge in [-0.25, -0.2) is 0 Å². The number of nitrogens with zero attached hydrogens (tertiary/aromatic N) is 1. The van der Waals surface area contributed by atoms with E-state index < -0.39 is 0 Å². The molecule has 6 atom stereocenters. The highest BCUT2D eigenvalue weighted by Gasteiger charge is 2.69. The Kier molecular flexibility index (Phi) is 10.8. The summed E-state index contributed by atoms with van der Waals surface area (Å²) < 4.78 is 32.2. The van der Waals surface area contributed by atoms with Gasteiger partial charge in [0.1, 0.15) is 29.2 Å². The van der Waals surface area contributed by atoms with E-state index in [1.54, 1.807) is 7.11 Å². The van der Waals surface area contributed by atoms with Gasteiger partial charge in [-0.3, -0.25) is 4.90 Å². The Morgan fingerprint density at radius 2 is 1.26 bits per heavy atom. The molecule has 43 heavy (non-hydrogen) atoms. The first kappa shape index (κ1) is 31.1. The van der Waals surface area contributed by atoms with Crippen LogP contribution in [0.25, 0.3) is 0 Å². The molecular weight excluding hydrogens is 579 g/mol. The Bertz CT molecular complexity index is 1250. The summed E-state index contributed by atoms with van der Waals surface area (Å²) in [5, 5.41) is 0. The lowest BCUT2D eigenvalue weighted by molar-refractivity contribution is -0.108. The molecule has 0 bridgehead atoms. The Balaban J connectivity index is 1.34. The first-order valence-electron chi connectivity index (χ1n) is 15.3. The third kappa shape index (κ3) is 6.87. The predicted octanol–water partition coefficient (Wildman–Crippen LogP) is 6.38. The summed E-state index contributed by atoms with van der Waals surface area (Å²) in [6, 6.07) is 31.5. The highest BCUT2D eigenvalue weighted by Crippen LogP contribution is 2.60. The van der Waals surface area contributed by atoms with E-state index in [4.69, 9.17) is 23.7 Å². The van der Waals surface area contributed by atoms with Crippen LogP contribution in [0.1, 0.15) is 30.0 Å². The average molecular weight is 622 g/mol. The van der Waals surface area contributed by atoms with Crippen LogP contribution in [0.3, 0.4) is 0 Å². The van der Waals surface area contributed by atoms with Gasteiger partial charge in [0.15, 0.2) is 0 Å². The summed E-state index contributed by atoms with van der Waals surface area (Å²) in [7, 11) is 1.70. The van der Waals surface area contributed by atoms with Crippen molar-refractivity contribution in [1.29, 1.82) is 0 Å². The molecule has 3 fully saturated rings. The zero-order chi connectivity index (χ0) is 29.5. The van der Waals surface area contributed by atoms with Crippen molar-refractivity contribution >= 4 is 23.5 Å². The van der Waals surface area contributed by atoms with Crippen molar-refractivity contribution in [3.63, 3.8) is 0 Å². The summed E-state index contributed by atoms with van der Waals surface area (Å²) in [5.74, 6) is 2.21. The van der Waals surface area contributed by atoms with E-state index in [1.165, 1.54) is 12.0 Å². The molecule has 3 aromatic carbocycles. The topological polar surface area (TPSA) is 49.4 Å². The zero-order valence-corrected chi connectivity index (χ0v) is 26.7. The van der Waals surface area contributed by atoms with Gasteiger partial charge < -0.3 is 23.7 Å². The number of rotatable bonds is 13. The highest BCUT2D eigenvalue weighted by molar-refractivity contribution is 8.19. The first-order valence-corrected chi connectivity index (χ1v) is 17.3. The van der Waals surface area contributed by atoms with E-state index in [0.29, 0.717) is 26.4 Å². The van der Waals surface area contributed by atoms with E-state index in [1.807, 2.05) is 41.7 Å². The second-order valence-electron chi connectivity index (χ2n) is 11.5. The summed E-state index contributed by atoms with van der Waals surface area (Å²) in [6.45, 7) is 4.73. The Hall–Kier alpha value is -1.88. The third-order valence-electron chi connectivity index (χ3n) is 8.72. The highest BCUT2D eigenvalue weighted by atomic mass is 32.2. The molecule has 0 radical (unpaired) electrons. The van der Waals surface area contributed by atoms with E-state index in [2.05, 4.69) is 84.6 Å². The lowest BCUT2D eigenvalue weighted by atomic mass is 10.00. The second-order valence-corrected chi connectivity index (χ2v) is 14.5. The molecule has 0 aromatic heterocycles. The smallest absolute Gasteiger partial charge is 0.146 e. The predicted molar refractivity (Wildman–Crippen MR) is 174 cm³/mol. The van der Waals surface area contributed by atoms with E-state index in [-0.39, 0.29) is 47.3 Å². The molecule has 0 unspecified atom stereocenters. The van der Waals surface area contributed by atoms with Gasteiger partial charge in [-0.05, 0) is 41.5 Å². The fourth-order valence-corrected chi connectivity index (χ4v) is 10.8. The van der Waals surface area contributed by atoms with Crippen molar-refractivity contribution < 1.29 is 23.7 Å². The van der Waals surface area contributed by atoms with Gasteiger partial charge in [0.05, 0.1) is 38.5 Å². The minimum Gasteiger partial charge on any atom is -0.375 e. The summed E-state index contributed by atoms with van der Waals surface area (Å²) >= 11 is 4.08. The number of hydrogen-bond donors (Lipinski definition) is 0. The molecule has 0 aliphatic carbocycles. The number of hydrogen-bond acceptors (Lipinski definition) is 8. The van der Waals surface area contributed by atoms with Gasteiger partial charge in [-0.2, -0.15) is 0 Å². The molecule has 0 N–H and O–H groups in total. The van der Waals surface area contributed by atoms with Crippen molar-refractivity contribution in [3.8, 4) is 0 Å². The maximum atomic E-state index is 6.99. The molecule has 6 nitrogen and oxygen atoms in total. The fraction of sp³-hybridized carbons (Fsp3) is 0.486. The standard InChI is InChI=1S/C35H43NO5S2/c1-26-34(41-25-37-2)35(42-19-12-20-43-35)33-32(40-23-29-17-10-5-11-18-29)31(39-22-28-15-8-4-9-16-28)30(36(26)33)24-38-21-27-13-6-3-7-14-27/h3-11,13-18,26,30-34H,12,19-25H2,1-2H3/t26-,30+,31+,32-,33-,34-/m1/s1. The number of ether oxygens (including phenoxy) is 5. The Labute approximate surface area is 264 Å². The average Bonchev–Trinajstić information content (AvgIpc) is 3.49. The minimum absolute atomic E-state index is 0.00402. The van der Waals surface area contributed by atoms with E-state index in [0.717, 1.165) is 22.6 Å². The number of fused-ring (bicyclic) bond motifs is 2. The van der Waals surface area contributed by atoms with Crippen molar-refractivity contribution in [2.24, 2.45) is 0 Å². The van der Waals surface area contributed by atoms with Gasteiger partial charge in [-0.15, -0.1) is 23.5 Å². The quantitative estimate of drug-likeness (QED) is 0.204. The SMILES string of the molecule is COCO[C@@H]1[C@@H](C)N2[C@@H](COCc3ccccc3)[C@H](OCc3ccccc3)[C@@H](OCc3ccccc3)[C@@H]2C12SCCCS2. The summed E-state index contributed by atoms with van der Waals surface area (Å²) in [4.78, 5) is 2.63. The lowest BCUT2D eigenvalue weighted by Crippen LogP contribution is -2.52. The summed E-state index contributed by atoms with van der Waals surface area (Å²) in [6.07, 6.45) is 0.853. The van der Waals surface area contributed by atoms with Gasteiger partial charge >= 0.3 is 0 Å². The second kappa shape index (κ2) is 14.9. The van der Waals surface area contributed by atoms with Crippen LogP contribution in [0.15, 0.2) is 91.0 Å². The van der Waals surface area contributed by atoms with Crippen LogP contribution in [0.5, 0.6) is 0 Å². The molecule has 3 aromatic rings. The largest absolute Gasteiger partial charge is 0.375 e. The fourth-order valence-electron chi connectivity index (χ4n) is 6.87. The normalized spacial score (nSPS) is 28.3. The van der Waals surface area contributed by atoms with Crippen LogP contribution in [-0.4, -0.2) is 77.4 Å². The van der Waals surface area contributed by atoms with Crippen LogP contribution in [0.2, 0.25) is 0 Å². The van der Waals surface area contributed by atoms with Crippen molar-refractivity contribution in [2.75, 3.05) is 32.0 Å². The number of methoxy groups -OCH3 is 1. The van der Waals surface area contributed by atoms with Crippen LogP contribution < -0.4 is 0 Å². The monoisotopic (exact) mass is 621 g/mol. The van der Waals surface area contributed by atoms with Gasteiger partial charge in [0, 0.05) is 13.2 Å². The van der Waals surface area contributed by atoms with Crippen molar-refractivity contribution in [2.45, 2.75) is 73.7 Å². The molecule has 8 heteroatoms. The molecule has 1 spiro atoms. The molecule has 3 saturated heterocycles. The number of thioether (sulfide) groups is 2. The molecule has 0 saturated carbocycles. The Morgan fingerprint density at radius 1 is 0.721 bits per heavy atom. The van der Waals surface area contributed by atoms with Crippen LogP contribution in [0.4, 0.5) is 0 Å². The van der Waals surface area contributed by atoms with Crippen molar-refractivity contribution in [3.05, 3.63) is 108 Å². The zero-order valence-electron chi connectivity index (χ0n) is 25.1. The molecule has 6 rings (SSSR count). The van der Waals surface area contributed by atoms with Crippen LogP contribution in [-0.2, 0) is 43.5 Å². The van der Waals surface area contributed by atoms with E-state index in [9.17, 15) is 0 Å². The number of benzene rings is 3. The van der Waals surface area contributed by atoms with Crippen LogP contribution >= 0.6 is 23.5 Å². The van der Waals surface area contributed by atoms with Crippen molar-refractivity contribution in [1.82, 2.24) is 4.90 Å². The Morgan fingerprint density at radius 3 is 1.81 bits per heavy atom. The van der Waals surface area contributed by atoms with Crippen LogP contribution in [0, 0.1) is 0 Å². The molecule has 230 valence electrons. The van der Waals surface area contributed by atoms with Gasteiger partial charge in [0.2, 0.25) is 0 Å². The summed E-state index contributed by atoms with van der Waals surface area (Å²) in [5.41, 5.74) is 3.49. The minimum atomic E-state index is -0.194. The van der Waals surface area contributed by atoms with E-state index >= 15 is 0 Å².